The van der Waals surface area contributed by atoms with Crippen LogP contribution in [0.25, 0.3) is 0 Å². The van der Waals surface area contributed by atoms with E-state index in [0.717, 1.165) is 5.56 Å². The molecule has 2 heteroatoms. The molecule has 0 amide bonds. The summed E-state index contributed by atoms with van der Waals surface area (Å²) < 4.78 is 13.0. The quantitative estimate of drug-likeness (QED) is 0.788. The van der Waals surface area contributed by atoms with Crippen molar-refractivity contribution in [3.63, 3.8) is 0 Å². The van der Waals surface area contributed by atoms with E-state index in [0.29, 0.717) is 5.92 Å². The Balaban J connectivity index is 2.83. The predicted octanol–water partition coefficient (Wildman–Crippen LogP) is 2.91. The molecule has 0 aromatic heterocycles. The fraction of sp³-hybridized carbons (Fsp3) is 0.500. The lowest BCUT2D eigenvalue weighted by molar-refractivity contribution is 0.433. The Morgan fingerprint density at radius 3 is 2.36 bits per heavy atom. The minimum atomic E-state index is -0.190. The van der Waals surface area contributed by atoms with Gasteiger partial charge in [-0.25, -0.2) is 4.39 Å². The lowest BCUT2D eigenvalue weighted by atomic mass is 9.87. The van der Waals surface area contributed by atoms with Gasteiger partial charge in [-0.05, 0) is 29.5 Å². The van der Waals surface area contributed by atoms with Crippen molar-refractivity contribution in [2.75, 3.05) is 0 Å². The topological polar surface area (TPSA) is 26.0 Å². The molecule has 0 radical (unpaired) electrons. The van der Waals surface area contributed by atoms with Crippen molar-refractivity contribution in [3.8, 4) is 0 Å². The first-order chi connectivity index (χ1) is 6.52. The number of halogens is 1. The first-order valence-corrected chi connectivity index (χ1v) is 5.03. The summed E-state index contributed by atoms with van der Waals surface area (Å²) in [6, 6.07) is 6.76. The second kappa shape index (κ2) is 4.56. The van der Waals surface area contributed by atoms with Gasteiger partial charge in [0.15, 0.2) is 0 Å². The molecule has 0 aliphatic heterocycles. The summed E-state index contributed by atoms with van der Waals surface area (Å²) in [6.45, 7) is 6.21. The smallest absolute Gasteiger partial charge is 0.123 e. The summed E-state index contributed by atoms with van der Waals surface area (Å²) in [5.74, 6) is 0.421. The van der Waals surface area contributed by atoms with E-state index in [1.54, 1.807) is 12.1 Å². The molecule has 0 heterocycles. The fourth-order valence-electron chi connectivity index (χ4n) is 1.59. The van der Waals surface area contributed by atoms with Crippen molar-refractivity contribution in [3.05, 3.63) is 35.6 Å². The van der Waals surface area contributed by atoms with Crippen molar-refractivity contribution in [2.45, 2.75) is 32.7 Å². The molecule has 1 aromatic rings. The molecule has 0 aliphatic carbocycles. The molecular weight excluding hydrogens is 177 g/mol. The predicted molar refractivity (Wildman–Crippen MR) is 57.6 cm³/mol. The highest BCUT2D eigenvalue weighted by molar-refractivity contribution is 5.21. The number of rotatable bonds is 3. The van der Waals surface area contributed by atoms with Gasteiger partial charge in [0.25, 0.3) is 0 Å². The molecule has 0 bridgehead atoms. The highest BCUT2D eigenvalue weighted by Gasteiger charge is 2.17. The van der Waals surface area contributed by atoms with Crippen LogP contribution in [0.5, 0.6) is 0 Å². The van der Waals surface area contributed by atoms with Crippen LogP contribution in [0.3, 0.4) is 0 Å². The Labute approximate surface area is 85.1 Å². The molecule has 2 unspecified atom stereocenters. The molecule has 0 spiro atoms. The minimum Gasteiger partial charge on any atom is -0.327 e. The van der Waals surface area contributed by atoms with E-state index in [2.05, 4.69) is 13.8 Å². The average Bonchev–Trinajstić information content (AvgIpc) is 2.15. The zero-order valence-corrected chi connectivity index (χ0v) is 9.00. The summed E-state index contributed by atoms with van der Waals surface area (Å²) in [6.07, 6.45) is 0. The largest absolute Gasteiger partial charge is 0.327 e. The molecule has 0 fully saturated rings. The molecule has 2 N–H and O–H groups in total. The van der Waals surface area contributed by atoms with Gasteiger partial charge >= 0.3 is 0 Å². The Kier molecular flexibility index (Phi) is 3.64. The standard InChI is InChI=1S/C12H18FN/c1-8(2)12(14)9(3)10-5-4-6-11(13)7-10/h4-9,12H,14H2,1-3H3. The van der Waals surface area contributed by atoms with E-state index in [4.69, 9.17) is 5.73 Å². The first kappa shape index (κ1) is 11.2. The third-order valence-electron chi connectivity index (χ3n) is 2.72. The van der Waals surface area contributed by atoms with Crippen LogP contribution in [0.4, 0.5) is 4.39 Å². The van der Waals surface area contributed by atoms with E-state index in [1.807, 2.05) is 13.0 Å². The Morgan fingerprint density at radius 2 is 1.86 bits per heavy atom. The van der Waals surface area contributed by atoms with Crippen LogP contribution in [0.1, 0.15) is 32.3 Å². The molecule has 0 saturated carbocycles. The van der Waals surface area contributed by atoms with Crippen LogP contribution < -0.4 is 5.73 Å². The van der Waals surface area contributed by atoms with Crippen molar-refractivity contribution in [2.24, 2.45) is 11.7 Å². The van der Waals surface area contributed by atoms with Crippen molar-refractivity contribution in [1.82, 2.24) is 0 Å². The van der Waals surface area contributed by atoms with Gasteiger partial charge in [0, 0.05) is 6.04 Å². The summed E-state index contributed by atoms with van der Waals surface area (Å²) in [5, 5.41) is 0. The van der Waals surface area contributed by atoms with E-state index < -0.39 is 0 Å². The maximum Gasteiger partial charge on any atom is 0.123 e. The van der Waals surface area contributed by atoms with Crippen LogP contribution in [0.15, 0.2) is 24.3 Å². The van der Waals surface area contributed by atoms with Crippen molar-refractivity contribution in [1.29, 1.82) is 0 Å². The fourth-order valence-corrected chi connectivity index (χ4v) is 1.59. The van der Waals surface area contributed by atoms with Gasteiger partial charge in [0.05, 0.1) is 0 Å². The average molecular weight is 195 g/mol. The summed E-state index contributed by atoms with van der Waals surface area (Å²) in [7, 11) is 0. The van der Waals surface area contributed by atoms with Crippen LogP contribution in [-0.2, 0) is 0 Å². The minimum absolute atomic E-state index is 0.0804. The third kappa shape index (κ3) is 2.55. The van der Waals surface area contributed by atoms with Crippen LogP contribution in [0.2, 0.25) is 0 Å². The normalized spacial score (nSPS) is 15.6. The summed E-state index contributed by atoms with van der Waals surface area (Å²) >= 11 is 0. The van der Waals surface area contributed by atoms with E-state index in [9.17, 15) is 4.39 Å². The number of nitrogens with two attached hydrogens (primary N) is 1. The second-order valence-corrected chi connectivity index (χ2v) is 4.17. The van der Waals surface area contributed by atoms with Crippen LogP contribution in [-0.4, -0.2) is 6.04 Å². The zero-order chi connectivity index (χ0) is 10.7. The van der Waals surface area contributed by atoms with E-state index in [1.165, 1.54) is 6.07 Å². The van der Waals surface area contributed by atoms with Gasteiger partial charge in [0.2, 0.25) is 0 Å². The Bertz CT molecular complexity index is 296. The molecule has 0 saturated heterocycles. The highest BCUT2D eigenvalue weighted by atomic mass is 19.1. The van der Waals surface area contributed by atoms with Gasteiger partial charge in [-0.1, -0.05) is 32.9 Å². The molecule has 1 aromatic carbocycles. The summed E-state index contributed by atoms with van der Waals surface area (Å²) in [4.78, 5) is 0. The van der Waals surface area contributed by atoms with E-state index in [-0.39, 0.29) is 17.8 Å². The monoisotopic (exact) mass is 195 g/mol. The molecule has 78 valence electrons. The van der Waals surface area contributed by atoms with Crippen LogP contribution in [0, 0.1) is 11.7 Å². The van der Waals surface area contributed by atoms with Crippen molar-refractivity contribution >= 4 is 0 Å². The lowest BCUT2D eigenvalue weighted by Gasteiger charge is -2.23. The van der Waals surface area contributed by atoms with Crippen molar-refractivity contribution < 1.29 is 4.39 Å². The van der Waals surface area contributed by atoms with Gasteiger partial charge in [-0.15, -0.1) is 0 Å². The molecule has 1 rings (SSSR count). The number of hydrogen-bond donors (Lipinski definition) is 1. The lowest BCUT2D eigenvalue weighted by Crippen LogP contribution is -2.32. The van der Waals surface area contributed by atoms with Crippen LogP contribution >= 0.6 is 0 Å². The van der Waals surface area contributed by atoms with Gasteiger partial charge in [-0.3, -0.25) is 0 Å². The molecule has 2 atom stereocenters. The SMILES string of the molecule is CC(C)C(N)C(C)c1cccc(F)c1. The maximum atomic E-state index is 13.0. The van der Waals surface area contributed by atoms with Gasteiger partial charge in [0.1, 0.15) is 5.82 Å². The summed E-state index contributed by atoms with van der Waals surface area (Å²) in [5.41, 5.74) is 7.00. The Hall–Kier alpha value is -0.890. The van der Waals surface area contributed by atoms with E-state index >= 15 is 0 Å². The number of benzene rings is 1. The number of hydrogen-bond acceptors (Lipinski definition) is 1. The second-order valence-electron chi connectivity index (χ2n) is 4.17. The zero-order valence-electron chi connectivity index (χ0n) is 9.00. The first-order valence-electron chi connectivity index (χ1n) is 5.03. The third-order valence-corrected chi connectivity index (χ3v) is 2.72. The molecule has 1 nitrogen and oxygen atoms in total. The Morgan fingerprint density at radius 1 is 1.21 bits per heavy atom. The molecular formula is C12H18FN. The van der Waals surface area contributed by atoms with Gasteiger partial charge < -0.3 is 5.73 Å². The highest BCUT2D eigenvalue weighted by Crippen LogP contribution is 2.22. The molecule has 0 aliphatic rings. The molecule has 14 heavy (non-hydrogen) atoms. The maximum absolute atomic E-state index is 13.0. The van der Waals surface area contributed by atoms with Gasteiger partial charge in [-0.2, -0.15) is 0 Å².